The lowest BCUT2D eigenvalue weighted by Crippen LogP contribution is -2.56. The Morgan fingerprint density at radius 3 is 1.58 bits per heavy atom. The average molecular weight is 339 g/mol. The second-order valence-corrected chi connectivity index (χ2v) is 9.98. The standard InChI is InChI=1S/C23H46O/c1-13(2)14(3)15(4)16(5)17(6)20(9)23(12)21(10)18(7)19(8)22(11)24-23/h13-22H,1-12H3. The molecule has 1 aliphatic heterocycles. The van der Waals surface area contributed by atoms with Gasteiger partial charge in [0.2, 0.25) is 0 Å². The summed E-state index contributed by atoms with van der Waals surface area (Å²) in [6, 6.07) is 0. The second-order valence-electron chi connectivity index (χ2n) is 9.98. The van der Waals surface area contributed by atoms with E-state index >= 15 is 0 Å². The normalized spacial score (nSPS) is 40.9. The maximum atomic E-state index is 6.69. The van der Waals surface area contributed by atoms with Gasteiger partial charge in [-0.2, -0.15) is 0 Å². The molecule has 1 rings (SSSR count). The van der Waals surface area contributed by atoms with E-state index in [2.05, 4.69) is 83.1 Å². The molecule has 1 fully saturated rings. The first-order valence-corrected chi connectivity index (χ1v) is 10.5. The van der Waals surface area contributed by atoms with Gasteiger partial charge in [-0.15, -0.1) is 0 Å². The maximum absolute atomic E-state index is 6.69. The Morgan fingerprint density at radius 2 is 1.12 bits per heavy atom. The molecule has 0 bridgehead atoms. The zero-order valence-electron chi connectivity index (χ0n) is 18.7. The zero-order valence-corrected chi connectivity index (χ0v) is 18.7. The fourth-order valence-corrected chi connectivity index (χ4v) is 5.08. The van der Waals surface area contributed by atoms with Crippen molar-refractivity contribution in [3.8, 4) is 0 Å². The number of hydrogen-bond donors (Lipinski definition) is 0. The minimum absolute atomic E-state index is 0.0141. The summed E-state index contributed by atoms with van der Waals surface area (Å²) in [4.78, 5) is 0. The van der Waals surface area contributed by atoms with E-state index in [0.29, 0.717) is 29.8 Å². The molecule has 0 radical (unpaired) electrons. The third-order valence-corrected chi connectivity index (χ3v) is 8.93. The molecule has 0 N–H and O–H groups in total. The molecule has 24 heavy (non-hydrogen) atoms. The van der Waals surface area contributed by atoms with Crippen LogP contribution in [0, 0.1) is 53.3 Å². The van der Waals surface area contributed by atoms with E-state index in [4.69, 9.17) is 4.74 Å². The van der Waals surface area contributed by atoms with Gasteiger partial charge < -0.3 is 4.74 Å². The Bertz CT molecular complexity index is 389. The van der Waals surface area contributed by atoms with Crippen molar-refractivity contribution >= 4 is 0 Å². The predicted molar refractivity (Wildman–Crippen MR) is 107 cm³/mol. The van der Waals surface area contributed by atoms with Crippen LogP contribution in [0.15, 0.2) is 0 Å². The molecular formula is C23H46O. The monoisotopic (exact) mass is 338 g/mol. The summed E-state index contributed by atoms with van der Waals surface area (Å²) < 4.78 is 6.69. The van der Waals surface area contributed by atoms with Crippen molar-refractivity contribution in [1.82, 2.24) is 0 Å². The fraction of sp³-hybridized carbons (Fsp3) is 1.00. The molecule has 0 aromatic rings. The molecule has 0 amide bonds. The molecule has 0 aromatic carbocycles. The Kier molecular flexibility index (Phi) is 7.43. The summed E-state index contributed by atoms with van der Waals surface area (Å²) in [6.45, 7) is 28.9. The van der Waals surface area contributed by atoms with Crippen molar-refractivity contribution in [2.24, 2.45) is 53.3 Å². The molecule has 10 atom stereocenters. The minimum atomic E-state index is -0.0141. The van der Waals surface area contributed by atoms with Gasteiger partial charge in [-0.1, -0.05) is 69.2 Å². The van der Waals surface area contributed by atoms with E-state index in [-0.39, 0.29) is 5.60 Å². The van der Waals surface area contributed by atoms with Crippen LogP contribution in [0.4, 0.5) is 0 Å². The van der Waals surface area contributed by atoms with Crippen LogP contribution in [0.2, 0.25) is 0 Å². The summed E-state index contributed by atoms with van der Waals surface area (Å²) in [5.41, 5.74) is -0.0141. The smallest absolute Gasteiger partial charge is 0.0714 e. The number of hydrogen-bond acceptors (Lipinski definition) is 1. The summed E-state index contributed by atoms with van der Waals surface area (Å²) in [6.07, 6.45) is 0.359. The minimum Gasteiger partial charge on any atom is -0.371 e. The second kappa shape index (κ2) is 8.11. The van der Waals surface area contributed by atoms with Gasteiger partial charge in [0.25, 0.3) is 0 Å². The average Bonchev–Trinajstić information content (AvgIpc) is 2.54. The van der Waals surface area contributed by atoms with Gasteiger partial charge in [0, 0.05) is 0 Å². The molecule has 1 heterocycles. The Balaban J connectivity index is 2.96. The zero-order chi connectivity index (χ0) is 19.0. The fourth-order valence-electron chi connectivity index (χ4n) is 5.08. The van der Waals surface area contributed by atoms with Gasteiger partial charge in [-0.05, 0) is 67.1 Å². The van der Waals surface area contributed by atoms with Crippen LogP contribution in [-0.4, -0.2) is 11.7 Å². The van der Waals surface area contributed by atoms with Crippen LogP contribution >= 0.6 is 0 Å². The molecular weight excluding hydrogens is 292 g/mol. The first-order chi connectivity index (χ1) is 10.9. The number of ether oxygens (including phenoxy) is 1. The summed E-state index contributed by atoms with van der Waals surface area (Å²) in [5.74, 6) is 6.20. The molecule has 1 aliphatic rings. The number of rotatable bonds is 6. The first kappa shape index (κ1) is 22.0. The quantitative estimate of drug-likeness (QED) is 0.511. The van der Waals surface area contributed by atoms with Gasteiger partial charge in [-0.3, -0.25) is 0 Å². The third kappa shape index (κ3) is 4.02. The largest absolute Gasteiger partial charge is 0.371 e. The molecule has 1 nitrogen and oxygen atoms in total. The van der Waals surface area contributed by atoms with Crippen LogP contribution in [-0.2, 0) is 4.74 Å². The molecule has 0 aromatic heterocycles. The van der Waals surface area contributed by atoms with Crippen LogP contribution in [0.1, 0.15) is 83.1 Å². The van der Waals surface area contributed by atoms with E-state index in [1.165, 1.54) is 0 Å². The van der Waals surface area contributed by atoms with Crippen molar-refractivity contribution in [3.63, 3.8) is 0 Å². The summed E-state index contributed by atoms with van der Waals surface area (Å²) >= 11 is 0. The predicted octanol–water partition coefficient (Wildman–Crippen LogP) is 6.91. The van der Waals surface area contributed by atoms with Crippen molar-refractivity contribution in [2.45, 2.75) is 94.8 Å². The van der Waals surface area contributed by atoms with Crippen molar-refractivity contribution in [3.05, 3.63) is 0 Å². The Morgan fingerprint density at radius 1 is 0.667 bits per heavy atom. The molecule has 1 saturated heterocycles. The van der Waals surface area contributed by atoms with Gasteiger partial charge >= 0.3 is 0 Å². The molecule has 144 valence electrons. The molecule has 10 unspecified atom stereocenters. The molecule has 0 aliphatic carbocycles. The molecule has 0 spiro atoms. The van der Waals surface area contributed by atoms with Gasteiger partial charge in [-0.25, -0.2) is 0 Å². The van der Waals surface area contributed by atoms with Crippen molar-refractivity contribution in [1.29, 1.82) is 0 Å². The highest BCUT2D eigenvalue weighted by atomic mass is 16.5. The highest BCUT2D eigenvalue weighted by molar-refractivity contribution is 4.98. The van der Waals surface area contributed by atoms with Crippen molar-refractivity contribution in [2.75, 3.05) is 0 Å². The molecule has 1 heteroatoms. The lowest BCUT2D eigenvalue weighted by molar-refractivity contribution is -0.218. The maximum Gasteiger partial charge on any atom is 0.0714 e. The molecule has 0 saturated carbocycles. The lowest BCUT2D eigenvalue weighted by atomic mass is 9.61. The Labute approximate surface area is 153 Å². The topological polar surface area (TPSA) is 9.23 Å². The first-order valence-electron chi connectivity index (χ1n) is 10.5. The highest BCUT2D eigenvalue weighted by Gasteiger charge is 2.50. The van der Waals surface area contributed by atoms with Crippen LogP contribution < -0.4 is 0 Å². The summed E-state index contributed by atoms with van der Waals surface area (Å²) in [7, 11) is 0. The van der Waals surface area contributed by atoms with Gasteiger partial charge in [0.1, 0.15) is 0 Å². The Hall–Kier alpha value is -0.0400. The van der Waals surface area contributed by atoms with E-state index in [1.807, 2.05) is 0 Å². The van der Waals surface area contributed by atoms with E-state index < -0.39 is 0 Å². The van der Waals surface area contributed by atoms with Crippen molar-refractivity contribution < 1.29 is 4.74 Å². The highest BCUT2D eigenvalue weighted by Crippen LogP contribution is 2.49. The van der Waals surface area contributed by atoms with E-state index in [0.717, 1.165) is 29.6 Å². The van der Waals surface area contributed by atoms with Crippen LogP contribution in [0.25, 0.3) is 0 Å². The van der Waals surface area contributed by atoms with Crippen LogP contribution in [0.3, 0.4) is 0 Å². The third-order valence-electron chi connectivity index (χ3n) is 8.93. The van der Waals surface area contributed by atoms with Crippen LogP contribution in [0.5, 0.6) is 0 Å². The van der Waals surface area contributed by atoms with E-state index in [9.17, 15) is 0 Å². The van der Waals surface area contributed by atoms with Gasteiger partial charge in [0.15, 0.2) is 0 Å². The SMILES string of the molecule is CC(C)C(C)C(C)C(C)C(C)C(C)C1(C)OC(C)C(C)C(C)C1C. The van der Waals surface area contributed by atoms with Gasteiger partial charge in [0.05, 0.1) is 11.7 Å². The lowest BCUT2D eigenvalue weighted by Gasteiger charge is -2.54. The van der Waals surface area contributed by atoms with E-state index in [1.54, 1.807) is 0 Å². The summed E-state index contributed by atoms with van der Waals surface area (Å²) in [5, 5.41) is 0.